The van der Waals surface area contributed by atoms with Gasteiger partial charge in [-0.15, -0.1) is 0 Å². The lowest BCUT2D eigenvalue weighted by atomic mass is 9.98. The van der Waals surface area contributed by atoms with Crippen molar-refractivity contribution in [3.05, 3.63) is 94.1 Å². The van der Waals surface area contributed by atoms with Gasteiger partial charge in [0.2, 0.25) is 0 Å². The summed E-state index contributed by atoms with van der Waals surface area (Å²) >= 11 is 0. The summed E-state index contributed by atoms with van der Waals surface area (Å²) in [6.07, 6.45) is 5.61. The number of amides is 1. The predicted molar refractivity (Wildman–Crippen MR) is 121 cm³/mol. The first-order chi connectivity index (χ1) is 15.7. The van der Waals surface area contributed by atoms with Gasteiger partial charge in [0.05, 0.1) is 0 Å². The lowest BCUT2D eigenvalue weighted by Crippen LogP contribution is -2.26. The van der Waals surface area contributed by atoms with Gasteiger partial charge in [0, 0.05) is 18.7 Å². The van der Waals surface area contributed by atoms with Crippen LogP contribution in [0.4, 0.5) is 4.79 Å². The number of benzene rings is 2. The molecule has 0 bridgehead atoms. The molecule has 4 aromatic rings. The molecule has 7 nitrogen and oxygen atoms in total. The van der Waals surface area contributed by atoms with E-state index < -0.39 is 11.8 Å². The maximum absolute atomic E-state index is 12.2. The minimum Gasteiger partial charge on any atom is -0.449 e. The van der Waals surface area contributed by atoms with Crippen LogP contribution in [-0.2, 0) is 4.74 Å². The van der Waals surface area contributed by atoms with E-state index in [9.17, 15) is 9.59 Å². The van der Waals surface area contributed by atoms with E-state index in [1.54, 1.807) is 12.3 Å². The zero-order chi connectivity index (χ0) is 21.9. The maximum Gasteiger partial charge on any atom is 0.418 e. The first kappa shape index (κ1) is 19.8. The van der Waals surface area contributed by atoms with Crippen LogP contribution in [0.15, 0.2) is 76.1 Å². The molecule has 0 unspecified atom stereocenters. The Hall–Kier alpha value is -4.13. The lowest BCUT2D eigenvalue weighted by molar-refractivity contribution is 0.143. The fraction of sp³-hybridized carbons (Fsp3) is 0.160. The molecule has 2 aromatic carbocycles. The minimum atomic E-state index is -0.527. The Balaban J connectivity index is 1.12. The van der Waals surface area contributed by atoms with Crippen molar-refractivity contribution in [3.8, 4) is 11.1 Å². The Morgan fingerprint density at radius 1 is 1.12 bits per heavy atom. The van der Waals surface area contributed by atoms with E-state index in [1.807, 2.05) is 36.4 Å². The van der Waals surface area contributed by atoms with Gasteiger partial charge in [0.1, 0.15) is 6.61 Å². The summed E-state index contributed by atoms with van der Waals surface area (Å²) in [6, 6.07) is 18.2. The molecule has 0 aliphatic heterocycles. The van der Waals surface area contributed by atoms with Crippen molar-refractivity contribution in [1.82, 2.24) is 15.3 Å². The van der Waals surface area contributed by atoms with Crippen LogP contribution < -0.4 is 11.1 Å². The van der Waals surface area contributed by atoms with Crippen molar-refractivity contribution in [3.63, 3.8) is 0 Å². The molecule has 0 spiro atoms. The van der Waals surface area contributed by atoms with E-state index in [0.717, 1.165) is 5.56 Å². The standard InChI is InChI=1S/C25H21N3O4/c29-24(26-12-6-5-7-16-13-22-23(27-14-16)28-25(30)32-22)31-15-21-19-10-3-1-8-17(19)18-9-2-4-11-20(18)21/h1-5,7-11,13-14,21H,6,12,15H2,(H,26,29)(H,27,28,30). The van der Waals surface area contributed by atoms with E-state index >= 15 is 0 Å². The number of hydrogen-bond donors (Lipinski definition) is 2. The Labute approximate surface area is 183 Å². The van der Waals surface area contributed by atoms with Gasteiger partial charge in [-0.2, -0.15) is 0 Å². The summed E-state index contributed by atoms with van der Waals surface area (Å²) < 4.78 is 10.5. The molecule has 7 heteroatoms. The number of aromatic nitrogens is 2. The molecule has 32 heavy (non-hydrogen) atoms. The number of alkyl carbamates (subject to hydrolysis) is 1. The third-order valence-electron chi connectivity index (χ3n) is 5.53. The Morgan fingerprint density at radius 2 is 1.84 bits per heavy atom. The average Bonchev–Trinajstić information content (AvgIpc) is 3.34. The first-order valence-electron chi connectivity index (χ1n) is 10.4. The van der Waals surface area contributed by atoms with E-state index in [1.165, 1.54) is 22.3 Å². The summed E-state index contributed by atoms with van der Waals surface area (Å²) in [5, 5.41) is 2.78. The molecule has 2 aromatic heterocycles. The molecule has 0 saturated carbocycles. The Kier molecular flexibility index (Phi) is 5.29. The highest BCUT2D eigenvalue weighted by Gasteiger charge is 2.28. The number of carbonyl (C=O) groups excluding carboxylic acids is 1. The molecule has 1 aliphatic carbocycles. The second-order valence-corrected chi connectivity index (χ2v) is 7.57. The van der Waals surface area contributed by atoms with Crippen molar-refractivity contribution in [2.75, 3.05) is 13.2 Å². The van der Waals surface area contributed by atoms with E-state index in [4.69, 9.17) is 9.15 Å². The molecule has 2 N–H and O–H groups in total. The van der Waals surface area contributed by atoms with Crippen LogP contribution >= 0.6 is 0 Å². The molecular weight excluding hydrogens is 406 g/mol. The Bertz CT molecular complexity index is 1320. The van der Waals surface area contributed by atoms with Gasteiger partial charge in [-0.3, -0.25) is 4.98 Å². The molecule has 1 amide bonds. The van der Waals surface area contributed by atoms with Crippen LogP contribution in [0.2, 0.25) is 0 Å². The third kappa shape index (κ3) is 3.92. The van der Waals surface area contributed by atoms with E-state index in [-0.39, 0.29) is 5.92 Å². The van der Waals surface area contributed by atoms with Crippen molar-refractivity contribution in [2.45, 2.75) is 12.3 Å². The fourth-order valence-corrected chi connectivity index (χ4v) is 4.07. The number of hydrogen-bond acceptors (Lipinski definition) is 5. The summed E-state index contributed by atoms with van der Waals surface area (Å²) in [4.78, 5) is 30.0. The molecule has 0 saturated heterocycles. The second-order valence-electron chi connectivity index (χ2n) is 7.57. The SMILES string of the molecule is O=C(NCCC=Cc1cnc2[nH]c(=O)oc2c1)OCC1c2ccccc2-c2ccccc21. The number of pyridine rings is 1. The summed E-state index contributed by atoms with van der Waals surface area (Å²) in [5.41, 5.74) is 6.42. The highest BCUT2D eigenvalue weighted by Crippen LogP contribution is 2.44. The van der Waals surface area contributed by atoms with Crippen LogP contribution in [0.5, 0.6) is 0 Å². The van der Waals surface area contributed by atoms with Crippen LogP contribution in [0.1, 0.15) is 29.0 Å². The fourth-order valence-electron chi connectivity index (χ4n) is 4.07. The second kappa shape index (κ2) is 8.55. The zero-order valence-electron chi connectivity index (χ0n) is 17.2. The Morgan fingerprint density at radius 3 is 2.59 bits per heavy atom. The first-order valence-corrected chi connectivity index (χ1v) is 10.4. The number of rotatable bonds is 6. The van der Waals surface area contributed by atoms with Gasteiger partial charge in [0.25, 0.3) is 0 Å². The molecule has 5 rings (SSSR count). The summed E-state index contributed by atoms with van der Waals surface area (Å²) in [6.45, 7) is 0.741. The van der Waals surface area contributed by atoms with Gasteiger partial charge < -0.3 is 14.5 Å². The topological polar surface area (TPSA) is 97.2 Å². The molecule has 0 radical (unpaired) electrons. The molecule has 0 atom stereocenters. The molecule has 1 aliphatic rings. The smallest absolute Gasteiger partial charge is 0.418 e. The third-order valence-corrected chi connectivity index (χ3v) is 5.53. The number of carbonyl (C=O) groups is 1. The summed E-state index contributed by atoms with van der Waals surface area (Å²) in [7, 11) is 0. The largest absolute Gasteiger partial charge is 0.449 e. The van der Waals surface area contributed by atoms with Crippen molar-refractivity contribution in [1.29, 1.82) is 0 Å². The number of H-pyrrole nitrogens is 1. The number of aromatic amines is 1. The van der Waals surface area contributed by atoms with Crippen molar-refractivity contribution >= 4 is 23.4 Å². The van der Waals surface area contributed by atoms with E-state index in [0.29, 0.717) is 30.8 Å². The molecule has 160 valence electrons. The van der Waals surface area contributed by atoms with Crippen molar-refractivity contribution in [2.24, 2.45) is 0 Å². The number of ether oxygens (including phenoxy) is 1. The van der Waals surface area contributed by atoms with Gasteiger partial charge in [0.15, 0.2) is 11.2 Å². The van der Waals surface area contributed by atoms with Gasteiger partial charge in [-0.05, 0) is 40.3 Å². The zero-order valence-corrected chi connectivity index (χ0v) is 17.2. The number of nitrogens with one attached hydrogen (secondary N) is 2. The average molecular weight is 427 g/mol. The highest BCUT2D eigenvalue weighted by atomic mass is 16.5. The molecule has 0 fully saturated rings. The van der Waals surface area contributed by atoms with Crippen LogP contribution in [-0.4, -0.2) is 29.2 Å². The highest BCUT2D eigenvalue weighted by molar-refractivity contribution is 5.79. The lowest BCUT2D eigenvalue weighted by Gasteiger charge is -2.14. The molecular formula is C25H21N3O4. The number of nitrogens with zero attached hydrogens (tertiary/aromatic N) is 1. The van der Waals surface area contributed by atoms with Crippen LogP contribution in [0, 0.1) is 0 Å². The quantitative estimate of drug-likeness (QED) is 0.443. The van der Waals surface area contributed by atoms with Gasteiger partial charge >= 0.3 is 11.8 Å². The van der Waals surface area contributed by atoms with Gasteiger partial charge in [-0.25, -0.2) is 14.6 Å². The monoisotopic (exact) mass is 427 g/mol. The van der Waals surface area contributed by atoms with Crippen LogP contribution in [0.3, 0.4) is 0 Å². The van der Waals surface area contributed by atoms with Crippen molar-refractivity contribution < 1.29 is 13.9 Å². The van der Waals surface area contributed by atoms with Crippen LogP contribution in [0.25, 0.3) is 28.4 Å². The number of oxazole rings is 1. The summed E-state index contributed by atoms with van der Waals surface area (Å²) in [5.74, 6) is -0.482. The normalized spacial score (nSPS) is 12.8. The van der Waals surface area contributed by atoms with E-state index in [2.05, 4.69) is 39.6 Å². The number of fused-ring (bicyclic) bond motifs is 4. The molecule has 2 heterocycles. The predicted octanol–water partition coefficient (Wildman–Crippen LogP) is 4.46. The minimum absolute atomic E-state index is 0.0453. The van der Waals surface area contributed by atoms with Gasteiger partial charge in [-0.1, -0.05) is 60.7 Å². The maximum atomic E-state index is 12.2.